The van der Waals surface area contributed by atoms with Gasteiger partial charge in [-0.2, -0.15) is 0 Å². The summed E-state index contributed by atoms with van der Waals surface area (Å²) in [5.74, 6) is 0.208. The number of thiol groups is 1. The first-order valence-corrected chi connectivity index (χ1v) is 4.04. The van der Waals surface area contributed by atoms with E-state index in [1.165, 1.54) is 6.08 Å². The van der Waals surface area contributed by atoms with Gasteiger partial charge in [0.1, 0.15) is 10.7 Å². The zero-order chi connectivity index (χ0) is 7.11. The summed E-state index contributed by atoms with van der Waals surface area (Å²) in [6, 6.07) is 0. The maximum absolute atomic E-state index is 9.91. The molecule has 0 radical (unpaired) electrons. The van der Waals surface area contributed by atoms with Crippen molar-refractivity contribution in [2.24, 2.45) is 0 Å². The second-order valence-electron chi connectivity index (χ2n) is 1.58. The first-order chi connectivity index (χ1) is 4.27. The van der Waals surface area contributed by atoms with Crippen LogP contribution >= 0.6 is 0 Å². The summed E-state index contributed by atoms with van der Waals surface area (Å²) in [5, 5.41) is 8.10. The Balaban J connectivity index is 3.10. The summed E-state index contributed by atoms with van der Waals surface area (Å²) < 4.78 is 19.8. The number of hydrogen-bond donors (Lipinski definition) is 2. The van der Waals surface area contributed by atoms with Crippen LogP contribution in [0.1, 0.15) is 12.8 Å². The van der Waals surface area contributed by atoms with Gasteiger partial charge in [0.05, 0.1) is 6.26 Å². The van der Waals surface area contributed by atoms with E-state index in [2.05, 4.69) is 0 Å². The van der Waals surface area contributed by atoms with Crippen LogP contribution in [0.4, 0.5) is 0 Å². The molecule has 0 unspecified atom stereocenters. The minimum absolute atomic E-state index is 0.208. The molecular weight excluding hydrogens is 140 g/mol. The summed E-state index contributed by atoms with van der Waals surface area (Å²) >= 11 is 0. The second-order valence-corrected chi connectivity index (χ2v) is 2.70. The fourth-order valence-electron chi connectivity index (χ4n) is 0.413. The maximum atomic E-state index is 9.91. The number of unbranched alkanes of at least 4 members (excludes halogenated alkanes) is 1. The molecule has 4 heteroatoms. The maximum Gasteiger partial charge on any atom is 0.140 e. The quantitative estimate of drug-likeness (QED) is 0.347. The number of allylic oxidation sites excluding steroid dienone is 1. The zero-order valence-electron chi connectivity index (χ0n) is 4.99. The Bertz CT molecular complexity index is 140. The van der Waals surface area contributed by atoms with Crippen molar-refractivity contribution in [1.82, 2.24) is 0 Å². The number of aliphatic hydroxyl groups is 1. The first kappa shape index (κ1) is 8.49. The Morgan fingerprint density at radius 3 is 2.56 bits per heavy atom. The van der Waals surface area contributed by atoms with Crippen molar-refractivity contribution in [2.75, 3.05) is 5.75 Å². The summed E-state index contributed by atoms with van der Waals surface area (Å²) in [6.07, 6.45) is 3.67. The average Bonchev–Trinajstić information content (AvgIpc) is 1.80. The largest absolute Gasteiger partial charge is 0.516 e. The lowest BCUT2D eigenvalue weighted by molar-refractivity contribution is 0.470. The normalized spacial score (nSPS) is 11.2. The SMILES string of the molecule is O=[SH](=O)CCCC=CO. The number of hydrogen-bond acceptors (Lipinski definition) is 3. The molecule has 0 rings (SSSR count). The lowest BCUT2D eigenvalue weighted by atomic mass is 10.3. The summed E-state index contributed by atoms with van der Waals surface area (Å²) in [6.45, 7) is 0. The van der Waals surface area contributed by atoms with E-state index in [9.17, 15) is 8.42 Å². The van der Waals surface area contributed by atoms with E-state index < -0.39 is 10.7 Å². The molecule has 0 amide bonds. The Kier molecular flexibility index (Phi) is 5.30. The Morgan fingerprint density at radius 2 is 2.11 bits per heavy atom. The van der Waals surface area contributed by atoms with Gasteiger partial charge in [-0.25, -0.2) is 8.42 Å². The van der Waals surface area contributed by atoms with E-state index in [0.717, 1.165) is 6.26 Å². The van der Waals surface area contributed by atoms with Crippen molar-refractivity contribution in [3.63, 3.8) is 0 Å². The van der Waals surface area contributed by atoms with E-state index in [4.69, 9.17) is 5.11 Å². The molecule has 0 aliphatic rings. The first-order valence-electron chi connectivity index (χ1n) is 2.68. The van der Waals surface area contributed by atoms with Crippen LogP contribution in [0.15, 0.2) is 12.3 Å². The third kappa shape index (κ3) is 7.49. The molecule has 3 nitrogen and oxygen atoms in total. The van der Waals surface area contributed by atoms with Crippen LogP contribution in [-0.4, -0.2) is 19.3 Å². The third-order valence-corrected chi connectivity index (χ3v) is 1.50. The topological polar surface area (TPSA) is 54.4 Å². The summed E-state index contributed by atoms with van der Waals surface area (Å²) in [7, 11) is -2.23. The lowest BCUT2D eigenvalue weighted by Crippen LogP contribution is -1.84. The van der Waals surface area contributed by atoms with Gasteiger partial charge in [0, 0.05) is 5.75 Å². The minimum atomic E-state index is -2.23. The van der Waals surface area contributed by atoms with Crippen LogP contribution in [0, 0.1) is 0 Å². The van der Waals surface area contributed by atoms with Crippen molar-refractivity contribution >= 4 is 10.7 Å². The van der Waals surface area contributed by atoms with Gasteiger partial charge in [0.15, 0.2) is 0 Å². The van der Waals surface area contributed by atoms with Crippen LogP contribution in [0.2, 0.25) is 0 Å². The molecule has 0 aromatic heterocycles. The van der Waals surface area contributed by atoms with Crippen LogP contribution in [0.25, 0.3) is 0 Å². The highest BCUT2D eigenvalue weighted by Gasteiger charge is 1.84. The highest BCUT2D eigenvalue weighted by Crippen LogP contribution is 1.88. The highest BCUT2D eigenvalue weighted by atomic mass is 32.2. The Morgan fingerprint density at radius 1 is 1.44 bits per heavy atom. The molecule has 0 atom stereocenters. The monoisotopic (exact) mass is 150 g/mol. The number of aliphatic hydroxyl groups excluding tert-OH is 1. The third-order valence-electron chi connectivity index (χ3n) is 0.817. The molecule has 54 valence electrons. The number of rotatable bonds is 4. The van der Waals surface area contributed by atoms with Gasteiger partial charge in [-0.05, 0) is 12.8 Å². The van der Waals surface area contributed by atoms with Crippen molar-refractivity contribution in [2.45, 2.75) is 12.8 Å². The summed E-state index contributed by atoms with van der Waals surface area (Å²) in [5.41, 5.74) is 0. The van der Waals surface area contributed by atoms with Crippen LogP contribution < -0.4 is 0 Å². The van der Waals surface area contributed by atoms with Gasteiger partial charge >= 0.3 is 0 Å². The predicted octanol–water partition coefficient (Wildman–Crippen LogP) is 0.450. The second kappa shape index (κ2) is 5.62. The average molecular weight is 150 g/mol. The van der Waals surface area contributed by atoms with Gasteiger partial charge in [0.2, 0.25) is 0 Å². The van der Waals surface area contributed by atoms with Gasteiger partial charge in [-0.15, -0.1) is 0 Å². The molecule has 0 spiro atoms. The fourth-order valence-corrected chi connectivity index (χ4v) is 0.854. The van der Waals surface area contributed by atoms with Crippen molar-refractivity contribution in [3.8, 4) is 0 Å². The van der Waals surface area contributed by atoms with Crippen molar-refractivity contribution in [1.29, 1.82) is 0 Å². The van der Waals surface area contributed by atoms with Crippen molar-refractivity contribution in [3.05, 3.63) is 12.3 Å². The van der Waals surface area contributed by atoms with Crippen LogP contribution in [0.5, 0.6) is 0 Å². The Hall–Kier alpha value is -0.510. The van der Waals surface area contributed by atoms with Crippen LogP contribution in [-0.2, 0) is 10.7 Å². The van der Waals surface area contributed by atoms with E-state index >= 15 is 0 Å². The van der Waals surface area contributed by atoms with E-state index in [1.54, 1.807) is 0 Å². The van der Waals surface area contributed by atoms with E-state index in [-0.39, 0.29) is 5.75 Å². The van der Waals surface area contributed by atoms with E-state index in [0.29, 0.717) is 12.8 Å². The van der Waals surface area contributed by atoms with Gasteiger partial charge in [0.25, 0.3) is 0 Å². The van der Waals surface area contributed by atoms with Gasteiger partial charge in [-0.3, -0.25) is 0 Å². The van der Waals surface area contributed by atoms with E-state index in [1.807, 2.05) is 0 Å². The predicted molar refractivity (Wildman–Crippen MR) is 36.2 cm³/mol. The fraction of sp³-hybridized carbons (Fsp3) is 0.600. The molecular formula is C5H10O3S. The zero-order valence-corrected chi connectivity index (χ0v) is 5.88. The molecule has 0 fully saturated rings. The standard InChI is InChI=1S/C5H10O3S/c6-4-2-1-3-5-9(7)8/h2,4,6,9H,1,3,5H2. The molecule has 0 saturated carbocycles. The minimum Gasteiger partial charge on any atom is -0.516 e. The van der Waals surface area contributed by atoms with Crippen LogP contribution in [0.3, 0.4) is 0 Å². The molecule has 0 bridgehead atoms. The van der Waals surface area contributed by atoms with Gasteiger partial charge in [-0.1, -0.05) is 6.08 Å². The smallest absolute Gasteiger partial charge is 0.140 e. The molecule has 9 heavy (non-hydrogen) atoms. The molecule has 0 aliphatic heterocycles. The van der Waals surface area contributed by atoms with Gasteiger partial charge < -0.3 is 5.11 Å². The Labute approximate surface area is 56.0 Å². The molecule has 0 heterocycles. The molecule has 0 aliphatic carbocycles. The summed E-state index contributed by atoms with van der Waals surface area (Å²) in [4.78, 5) is 0. The molecule has 1 N–H and O–H groups in total. The molecule has 0 aromatic carbocycles. The highest BCUT2D eigenvalue weighted by molar-refractivity contribution is 7.72. The lowest BCUT2D eigenvalue weighted by Gasteiger charge is -1.84. The van der Waals surface area contributed by atoms with Crippen molar-refractivity contribution < 1.29 is 13.5 Å². The molecule has 0 aromatic rings. The molecule has 0 saturated heterocycles.